The van der Waals surface area contributed by atoms with Crippen molar-refractivity contribution in [2.75, 3.05) is 26.2 Å². The monoisotopic (exact) mass is 224 g/mol. The van der Waals surface area contributed by atoms with E-state index in [1.54, 1.807) is 18.2 Å². The van der Waals surface area contributed by atoms with Crippen LogP contribution in [0, 0.1) is 5.82 Å². The summed E-state index contributed by atoms with van der Waals surface area (Å²) in [4.78, 5) is 2.24. The fourth-order valence-electron chi connectivity index (χ4n) is 1.91. The number of nitrogens with two attached hydrogens (primary N) is 1. The van der Waals surface area contributed by atoms with E-state index in [9.17, 15) is 4.39 Å². The average Bonchev–Trinajstić information content (AvgIpc) is 2.67. The Hall–Kier alpha value is -1.13. The third-order valence-electron chi connectivity index (χ3n) is 2.81. The Morgan fingerprint density at radius 3 is 2.94 bits per heavy atom. The molecule has 0 spiro atoms. The van der Waals surface area contributed by atoms with E-state index in [4.69, 9.17) is 10.5 Å². The van der Waals surface area contributed by atoms with E-state index in [0.717, 1.165) is 26.1 Å². The van der Waals surface area contributed by atoms with Gasteiger partial charge in [-0.05, 0) is 25.1 Å². The second-order valence-corrected chi connectivity index (χ2v) is 4.13. The lowest BCUT2D eigenvalue weighted by Crippen LogP contribution is -2.29. The van der Waals surface area contributed by atoms with Gasteiger partial charge in [-0.1, -0.05) is 12.1 Å². The number of hydrogen-bond acceptors (Lipinski definition) is 3. The third-order valence-corrected chi connectivity index (χ3v) is 2.81. The molecule has 1 aromatic carbocycles. The molecule has 0 bridgehead atoms. The molecular formula is C12H17FN2O. The number of para-hydroxylation sites is 1. The van der Waals surface area contributed by atoms with Crippen LogP contribution in [0.5, 0.6) is 5.75 Å². The second-order valence-electron chi connectivity index (χ2n) is 4.13. The van der Waals surface area contributed by atoms with E-state index in [2.05, 4.69) is 4.90 Å². The Kier molecular flexibility index (Phi) is 3.74. The lowest BCUT2D eigenvalue weighted by Gasteiger charge is -2.15. The summed E-state index contributed by atoms with van der Waals surface area (Å²) in [5.74, 6) is 0.0200. The van der Waals surface area contributed by atoms with Crippen LogP contribution in [0.25, 0.3) is 0 Å². The lowest BCUT2D eigenvalue weighted by atomic mass is 10.3. The first-order valence-electron chi connectivity index (χ1n) is 5.61. The van der Waals surface area contributed by atoms with Gasteiger partial charge in [0.15, 0.2) is 11.6 Å². The molecule has 0 saturated carbocycles. The smallest absolute Gasteiger partial charge is 0.165 e. The van der Waals surface area contributed by atoms with Gasteiger partial charge < -0.3 is 10.5 Å². The molecule has 0 radical (unpaired) electrons. The van der Waals surface area contributed by atoms with Gasteiger partial charge in [-0.3, -0.25) is 4.90 Å². The van der Waals surface area contributed by atoms with E-state index in [0.29, 0.717) is 12.4 Å². The van der Waals surface area contributed by atoms with Crippen LogP contribution in [0.1, 0.15) is 6.42 Å². The number of likely N-dealkylation sites (tertiary alicyclic amines) is 1. The van der Waals surface area contributed by atoms with Gasteiger partial charge >= 0.3 is 0 Å². The van der Waals surface area contributed by atoms with E-state index >= 15 is 0 Å². The summed E-state index contributed by atoms with van der Waals surface area (Å²) in [7, 11) is 0. The Bertz CT molecular complexity index is 346. The molecular weight excluding hydrogens is 207 g/mol. The summed E-state index contributed by atoms with van der Waals surface area (Å²) in [6.07, 6.45) is 1.04. The van der Waals surface area contributed by atoms with Crippen molar-refractivity contribution in [1.29, 1.82) is 0 Å². The van der Waals surface area contributed by atoms with Gasteiger partial charge in [0.25, 0.3) is 0 Å². The van der Waals surface area contributed by atoms with Crippen molar-refractivity contribution in [3.05, 3.63) is 30.1 Å². The molecule has 1 saturated heterocycles. The van der Waals surface area contributed by atoms with Crippen LogP contribution < -0.4 is 10.5 Å². The molecule has 16 heavy (non-hydrogen) atoms. The van der Waals surface area contributed by atoms with Crippen LogP contribution in [0.2, 0.25) is 0 Å². The maximum Gasteiger partial charge on any atom is 0.165 e. The molecule has 1 aromatic rings. The fraction of sp³-hybridized carbons (Fsp3) is 0.500. The zero-order valence-corrected chi connectivity index (χ0v) is 9.23. The molecule has 0 unspecified atom stereocenters. The third kappa shape index (κ3) is 2.93. The van der Waals surface area contributed by atoms with Gasteiger partial charge in [0, 0.05) is 19.1 Å². The predicted octanol–water partition coefficient (Wildman–Crippen LogP) is 1.24. The van der Waals surface area contributed by atoms with Crippen LogP contribution >= 0.6 is 0 Å². The summed E-state index contributed by atoms with van der Waals surface area (Å²) >= 11 is 0. The van der Waals surface area contributed by atoms with Gasteiger partial charge in [-0.15, -0.1) is 0 Å². The Labute approximate surface area is 95.0 Å². The van der Waals surface area contributed by atoms with E-state index < -0.39 is 0 Å². The Morgan fingerprint density at radius 1 is 1.44 bits per heavy atom. The average molecular weight is 224 g/mol. The molecule has 1 aliphatic heterocycles. The van der Waals surface area contributed by atoms with Crippen LogP contribution in [-0.4, -0.2) is 37.2 Å². The molecule has 0 aromatic heterocycles. The predicted molar refractivity (Wildman–Crippen MR) is 60.9 cm³/mol. The summed E-state index contributed by atoms with van der Waals surface area (Å²) in [6, 6.07) is 6.76. The standard InChI is InChI=1S/C12H17FN2O/c13-11-3-1-2-4-12(11)16-8-7-15-6-5-10(14)9-15/h1-4,10H,5-9,14H2/t10-/m1/s1. The van der Waals surface area contributed by atoms with Gasteiger partial charge in [-0.2, -0.15) is 0 Å². The highest BCUT2D eigenvalue weighted by atomic mass is 19.1. The van der Waals surface area contributed by atoms with Crippen LogP contribution in [0.3, 0.4) is 0 Å². The number of hydrogen-bond donors (Lipinski definition) is 1. The van der Waals surface area contributed by atoms with E-state index in [-0.39, 0.29) is 11.9 Å². The number of halogens is 1. The fourth-order valence-corrected chi connectivity index (χ4v) is 1.91. The van der Waals surface area contributed by atoms with Crippen molar-refractivity contribution in [1.82, 2.24) is 4.90 Å². The highest BCUT2D eigenvalue weighted by molar-refractivity contribution is 5.23. The topological polar surface area (TPSA) is 38.5 Å². The maximum atomic E-state index is 13.2. The first kappa shape index (κ1) is 11.4. The van der Waals surface area contributed by atoms with Crippen molar-refractivity contribution in [3.63, 3.8) is 0 Å². The zero-order chi connectivity index (χ0) is 11.4. The molecule has 88 valence electrons. The maximum absolute atomic E-state index is 13.2. The molecule has 0 amide bonds. The molecule has 1 fully saturated rings. The number of ether oxygens (including phenoxy) is 1. The van der Waals surface area contributed by atoms with Crippen LogP contribution in [-0.2, 0) is 0 Å². The van der Waals surface area contributed by atoms with Gasteiger partial charge in [-0.25, -0.2) is 4.39 Å². The first-order valence-corrected chi connectivity index (χ1v) is 5.61. The minimum atomic E-state index is -0.305. The molecule has 4 heteroatoms. The number of rotatable bonds is 4. The lowest BCUT2D eigenvalue weighted by molar-refractivity contribution is 0.230. The normalized spacial score (nSPS) is 21.2. The van der Waals surface area contributed by atoms with Gasteiger partial charge in [0.2, 0.25) is 0 Å². The van der Waals surface area contributed by atoms with Crippen molar-refractivity contribution in [3.8, 4) is 5.75 Å². The molecule has 1 atom stereocenters. The van der Waals surface area contributed by atoms with Crippen molar-refractivity contribution < 1.29 is 9.13 Å². The number of benzene rings is 1. The van der Waals surface area contributed by atoms with Crippen molar-refractivity contribution in [2.24, 2.45) is 5.73 Å². The SMILES string of the molecule is N[C@@H]1CCN(CCOc2ccccc2F)C1. The molecule has 2 rings (SSSR count). The molecule has 1 heterocycles. The van der Waals surface area contributed by atoms with Crippen LogP contribution in [0.4, 0.5) is 4.39 Å². The highest BCUT2D eigenvalue weighted by Crippen LogP contribution is 2.15. The molecule has 3 nitrogen and oxygen atoms in total. The van der Waals surface area contributed by atoms with Gasteiger partial charge in [0.05, 0.1) is 0 Å². The minimum Gasteiger partial charge on any atom is -0.489 e. The number of nitrogens with zero attached hydrogens (tertiary/aromatic N) is 1. The largest absolute Gasteiger partial charge is 0.489 e. The molecule has 0 aliphatic carbocycles. The summed E-state index contributed by atoms with van der Waals surface area (Å²) in [6.45, 7) is 3.25. The van der Waals surface area contributed by atoms with Crippen molar-refractivity contribution in [2.45, 2.75) is 12.5 Å². The molecule has 2 N–H and O–H groups in total. The van der Waals surface area contributed by atoms with E-state index in [1.807, 2.05) is 0 Å². The Morgan fingerprint density at radius 2 is 2.25 bits per heavy atom. The van der Waals surface area contributed by atoms with E-state index in [1.165, 1.54) is 6.07 Å². The molecule has 1 aliphatic rings. The highest BCUT2D eigenvalue weighted by Gasteiger charge is 2.18. The van der Waals surface area contributed by atoms with Crippen molar-refractivity contribution >= 4 is 0 Å². The Balaban J connectivity index is 1.74. The summed E-state index contributed by atoms with van der Waals surface area (Å²) < 4.78 is 18.6. The summed E-state index contributed by atoms with van der Waals surface area (Å²) in [5.41, 5.74) is 5.79. The van der Waals surface area contributed by atoms with Gasteiger partial charge in [0.1, 0.15) is 6.61 Å². The quantitative estimate of drug-likeness (QED) is 0.836. The first-order chi connectivity index (χ1) is 7.75. The minimum absolute atomic E-state index is 0.286. The zero-order valence-electron chi connectivity index (χ0n) is 9.23. The van der Waals surface area contributed by atoms with Crippen LogP contribution in [0.15, 0.2) is 24.3 Å². The second kappa shape index (κ2) is 5.27. The summed E-state index contributed by atoms with van der Waals surface area (Å²) in [5, 5.41) is 0.